The molecule has 0 amide bonds. The van der Waals surface area contributed by atoms with Crippen LogP contribution in [0.25, 0.3) is 11.1 Å². The zero-order valence-electron chi connectivity index (χ0n) is 11.4. The molecule has 0 aliphatic heterocycles. The normalized spacial score (nSPS) is 12.7. The number of benzene rings is 1. The Labute approximate surface area is 109 Å². The van der Waals surface area contributed by atoms with Gasteiger partial charge in [-0.2, -0.15) is 5.10 Å². The van der Waals surface area contributed by atoms with Crippen molar-refractivity contribution in [3.63, 3.8) is 0 Å². The highest BCUT2D eigenvalue weighted by Crippen LogP contribution is 2.25. The van der Waals surface area contributed by atoms with Crippen LogP contribution in [0.4, 0.5) is 0 Å². The number of aryl methyl sites for hydroxylation is 2. The van der Waals surface area contributed by atoms with Gasteiger partial charge >= 0.3 is 0 Å². The second kappa shape index (κ2) is 5.36. The van der Waals surface area contributed by atoms with Crippen molar-refractivity contribution in [2.45, 2.75) is 32.7 Å². The molecule has 0 aliphatic carbocycles. The van der Waals surface area contributed by atoms with E-state index < -0.39 is 0 Å². The molecule has 1 aromatic carbocycles. The second-order valence-corrected chi connectivity index (χ2v) is 4.65. The molecule has 18 heavy (non-hydrogen) atoms. The first-order valence-electron chi connectivity index (χ1n) is 6.54. The minimum atomic E-state index is 0.138. The molecule has 0 radical (unpaired) electrons. The van der Waals surface area contributed by atoms with Crippen LogP contribution in [0, 0.1) is 0 Å². The standard InChI is InChI=1S/C15H21N3/c1-4-14(16)12-8-6-11(7-9-12)13-10-18(3)17-15(13)5-2/h6-10,14H,4-5,16H2,1-3H3. The third-order valence-electron chi connectivity index (χ3n) is 3.33. The molecule has 0 aliphatic rings. The van der Waals surface area contributed by atoms with Crippen molar-refractivity contribution in [1.29, 1.82) is 0 Å². The smallest absolute Gasteiger partial charge is 0.0700 e. The molecule has 2 N–H and O–H groups in total. The molecule has 0 bridgehead atoms. The van der Waals surface area contributed by atoms with Gasteiger partial charge in [0.25, 0.3) is 0 Å². The van der Waals surface area contributed by atoms with Crippen molar-refractivity contribution in [3.8, 4) is 11.1 Å². The fraction of sp³-hybridized carbons (Fsp3) is 0.400. The third-order valence-corrected chi connectivity index (χ3v) is 3.33. The van der Waals surface area contributed by atoms with E-state index in [9.17, 15) is 0 Å². The van der Waals surface area contributed by atoms with Gasteiger partial charge in [0.1, 0.15) is 0 Å². The Hall–Kier alpha value is -1.61. The summed E-state index contributed by atoms with van der Waals surface area (Å²) in [6.07, 6.45) is 3.99. The quantitative estimate of drug-likeness (QED) is 0.897. The third kappa shape index (κ3) is 2.46. The van der Waals surface area contributed by atoms with E-state index in [-0.39, 0.29) is 6.04 Å². The van der Waals surface area contributed by atoms with Crippen LogP contribution in [0.1, 0.15) is 37.6 Å². The van der Waals surface area contributed by atoms with Crippen LogP contribution in [0.5, 0.6) is 0 Å². The minimum Gasteiger partial charge on any atom is -0.324 e. The summed E-state index contributed by atoms with van der Waals surface area (Å²) in [5.41, 5.74) is 10.8. The molecule has 0 saturated heterocycles. The topological polar surface area (TPSA) is 43.8 Å². The average Bonchev–Trinajstić information content (AvgIpc) is 2.79. The largest absolute Gasteiger partial charge is 0.324 e. The summed E-state index contributed by atoms with van der Waals surface area (Å²) in [5.74, 6) is 0. The maximum absolute atomic E-state index is 6.03. The van der Waals surface area contributed by atoms with Gasteiger partial charge in [0.2, 0.25) is 0 Å². The van der Waals surface area contributed by atoms with E-state index in [1.165, 1.54) is 16.7 Å². The highest BCUT2D eigenvalue weighted by atomic mass is 15.2. The van der Waals surface area contributed by atoms with Gasteiger partial charge in [0.15, 0.2) is 0 Å². The number of hydrogen-bond donors (Lipinski definition) is 1. The van der Waals surface area contributed by atoms with Crippen molar-refractivity contribution in [3.05, 3.63) is 41.7 Å². The van der Waals surface area contributed by atoms with E-state index in [0.29, 0.717) is 0 Å². The Bertz CT molecular complexity index is 511. The van der Waals surface area contributed by atoms with Gasteiger partial charge in [-0.3, -0.25) is 4.68 Å². The number of hydrogen-bond acceptors (Lipinski definition) is 2. The highest BCUT2D eigenvalue weighted by Gasteiger charge is 2.09. The SMILES string of the molecule is CCc1nn(C)cc1-c1ccc(C(N)CC)cc1. The van der Waals surface area contributed by atoms with Gasteiger partial charge in [0.05, 0.1) is 5.69 Å². The molecule has 0 saturated carbocycles. The summed E-state index contributed by atoms with van der Waals surface area (Å²) < 4.78 is 1.87. The van der Waals surface area contributed by atoms with Crippen molar-refractivity contribution in [2.75, 3.05) is 0 Å². The van der Waals surface area contributed by atoms with Crippen LogP contribution in [0.3, 0.4) is 0 Å². The molecule has 1 atom stereocenters. The van der Waals surface area contributed by atoms with Crippen LogP contribution in [0.2, 0.25) is 0 Å². The first-order chi connectivity index (χ1) is 8.65. The lowest BCUT2D eigenvalue weighted by molar-refractivity contribution is 0.699. The van der Waals surface area contributed by atoms with E-state index in [2.05, 4.69) is 49.4 Å². The molecule has 96 valence electrons. The Morgan fingerprint density at radius 3 is 2.44 bits per heavy atom. The molecule has 1 unspecified atom stereocenters. The van der Waals surface area contributed by atoms with Crippen LogP contribution in [-0.4, -0.2) is 9.78 Å². The lowest BCUT2D eigenvalue weighted by Crippen LogP contribution is -2.08. The molecule has 1 heterocycles. The fourth-order valence-electron chi connectivity index (χ4n) is 2.18. The maximum Gasteiger partial charge on any atom is 0.0700 e. The zero-order chi connectivity index (χ0) is 13.1. The molecule has 3 heteroatoms. The maximum atomic E-state index is 6.03. The van der Waals surface area contributed by atoms with Crippen molar-refractivity contribution in [1.82, 2.24) is 9.78 Å². The first-order valence-corrected chi connectivity index (χ1v) is 6.54. The Kier molecular flexibility index (Phi) is 3.82. The van der Waals surface area contributed by atoms with Gasteiger partial charge < -0.3 is 5.73 Å². The van der Waals surface area contributed by atoms with Gasteiger partial charge in [-0.05, 0) is 24.0 Å². The molecule has 1 aromatic heterocycles. The number of rotatable bonds is 4. The summed E-state index contributed by atoms with van der Waals surface area (Å²) in [7, 11) is 1.96. The summed E-state index contributed by atoms with van der Waals surface area (Å²) in [4.78, 5) is 0. The molecule has 2 rings (SSSR count). The summed E-state index contributed by atoms with van der Waals surface area (Å²) >= 11 is 0. The van der Waals surface area contributed by atoms with E-state index >= 15 is 0 Å². The Balaban J connectivity index is 2.34. The van der Waals surface area contributed by atoms with E-state index in [0.717, 1.165) is 18.5 Å². The van der Waals surface area contributed by atoms with Crippen molar-refractivity contribution in [2.24, 2.45) is 12.8 Å². The monoisotopic (exact) mass is 243 g/mol. The molecule has 2 aromatic rings. The lowest BCUT2D eigenvalue weighted by atomic mass is 10.00. The second-order valence-electron chi connectivity index (χ2n) is 4.65. The molecule has 0 spiro atoms. The molecule has 3 nitrogen and oxygen atoms in total. The number of nitrogens with zero attached hydrogens (tertiary/aromatic N) is 2. The predicted octanol–water partition coefficient (Wildman–Crippen LogP) is 3.06. The molecular weight excluding hydrogens is 222 g/mol. The van der Waals surface area contributed by atoms with Gasteiger partial charge in [-0.15, -0.1) is 0 Å². The predicted molar refractivity (Wildman–Crippen MR) is 75.2 cm³/mol. The zero-order valence-corrected chi connectivity index (χ0v) is 11.4. The van der Waals surface area contributed by atoms with Gasteiger partial charge in [0, 0.05) is 24.8 Å². The lowest BCUT2D eigenvalue weighted by Gasteiger charge is -2.09. The van der Waals surface area contributed by atoms with Crippen molar-refractivity contribution >= 4 is 0 Å². The Morgan fingerprint density at radius 2 is 1.89 bits per heavy atom. The Morgan fingerprint density at radius 1 is 1.22 bits per heavy atom. The van der Waals surface area contributed by atoms with Crippen molar-refractivity contribution < 1.29 is 0 Å². The van der Waals surface area contributed by atoms with E-state index in [4.69, 9.17) is 5.73 Å². The molecule has 0 fully saturated rings. The highest BCUT2D eigenvalue weighted by molar-refractivity contribution is 5.65. The minimum absolute atomic E-state index is 0.138. The van der Waals surface area contributed by atoms with Crippen LogP contribution in [0.15, 0.2) is 30.5 Å². The molecular formula is C15H21N3. The van der Waals surface area contributed by atoms with Gasteiger partial charge in [-0.1, -0.05) is 38.1 Å². The number of nitrogens with two attached hydrogens (primary N) is 1. The summed E-state index contributed by atoms with van der Waals surface area (Å²) in [5, 5.41) is 4.47. The van der Waals surface area contributed by atoms with E-state index in [1.807, 2.05) is 11.7 Å². The summed E-state index contributed by atoms with van der Waals surface area (Å²) in [6, 6.07) is 8.66. The van der Waals surface area contributed by atoms with Crippen LogP contribution in [-0.2, 0) is 13.5 Å². The van der Waals surface area contributed by atoms with Crippen LogP contribution >= 0.6 is 0 Å². The first kappa shape index (κ1) is 12.8. The van der Waals surface area contributed by atoms with E-state index in [1.54, 1.807) is 0 Å². The fourth-order valence-corrected chi connectivity index (χ4v) is 2.18. The average molecular weight is 243 g/mol. The summed E-state index contributed by atoms with van der Waals surface area (Å²) in [6.45, 7) is 4.24. The van der Waals surface area contributed by atoms with Gasteiger partial charge in [-0.25, -0.2) is 0 Å². The number of aromatic nitrogens is 2. The van der Waals surface area contributed by atoms with Crippen LogP contribution < -0.4 is 5.73 Å².